The highest BCUT2D eigenvalue weighted by Crippen LogP contribution is 2.33. The van der Waals surface area contributed by atoms with Crippen LogP contribution in [0.15, 0.2) is 12.5 Å². The van der Waals surface area contributed by atoms with Crippen molar-refractivity contribution in [2.45, 2.75) is 83.1 Å². The van der Waals surface area contributed by atoms with Gasteiger partial charge in [-0.1, -0.05) is 20.8 Å². The Balaban J connectivity index is 1.48. The molecule has 2 fully saturated rings. The standard InChI is InChI=1S/C21H31N5O6/c1-21(2,3)7-15(28)31-9-14-17(29)18(30)20(32-14)26-10-22-16-12(26)8-23-25-19(16)24-11-5-4-6-13(11)27/h8,10-11,13-14,17-18,20,27,29-30H,4-7,9H2,1-3H3,(H,24,25)/t11-,13-,14+,17+,18+,20?/m0/s1. The number of aliphatic hydroxyl groups excluding tert-OH is 3. The molecule has 32 heavy (non-hydrogen) atoms. The lowest BCUT2D eigenvalue weighted by Gasteiger charge is -2.19. The lowest BCUT2D eigenvalue weighted by molar-refractivity contribution is -0.152. The number of hydrogen-bond acceptors (Lipinski definition) is 10. The number of fused-ring (bicyclic) bond motifs is 1. The normalized spacial score (nSPS) is 30.7. The number of nitrogens with one attached hydrogen (secondary N) is 1. The molecule has 1 saturated heterocycles. The van der Waals surface area contributed by atoms with E-state index in [4.69, 9.17) is 9.47 Å². The fourth-order valence-corrected chi connectivity index (χ4v) is 4.21. The molecule has 3 heterocycles. The Morgan fingerprint density at radius 1 is 1.28 bits per heavy atom. The van der Waals surface area contributed by atoms with Gasteiger partial charge in [-0.2, -0.15) is 5.10 Å². The molecule has 1 aliphatic carbocycles. The number of ether oxygens (including phenoxy) is 2. The summed E-state index contributed by atoms with van der Waals surface area (Å²) in [5.41, 5.74) is 0.853. The van der Waals surface area contributed by atoms with E-state index in [0.717, 1.165) is 19.3 Å². The maximum Gasteiger partial charge on any atom is 0.306 e. The van der Waals surface area contributed by atoms with Crippen LogP contribution >= 0.6 is 0 Å². The highest BCUT2D eigenvalue weighted by atomic mass is 16.6. The van der Waals surface area contributed by atoms with Crippen LogP contribution in [-0.2, 0) is 14.3 Å². The summed E-state index contributed by atoms with van der Waals surface area (Å²) in [5, 5.41) is 42.5. The zero-order valence-electron chi connectivity index (χ0n) is 18.5. The van der Waals surface area contributed by atoms with Gasteiger partial charge in [0, 0.05) is 0 Å². The molecule has 4 rings (SSSR count). The number of aromatic nitrogens is 4. The molecule has 6 atom stereocenters. The highest BCUT2D eigenvalue weighted by Gasteiger charge is 2.45. The van der Waals surface area contributed by atoms with Crippen LogP contribution in [0.25, 0.3) is 11.0 Å². The Kier molecular flexibility index (Phi) is 6.35. The number of carbonyl (C=O) groups is 1. The first-order valence-electron chi connectivity index (χ1n) is 10.9. The monoisotopic (exact) mass is 449 g/mol. The van der Waals surface area contributed by atoms with Crippen molar-refractivity contribution in [1.29, 1.82) is 0 Å². The van der Waals surface area contributed by atoms with Crippen molar-refractivity contribution >= 4 is 22.8 Å². The summed E-state index contributed by atoms with van der Waals surface area (Å²) < 4.78 is 12.7. The minimum absolute atomic E-state index is 0.123. The smallest absolute Gasteiger partial charge is 0.306 e. The summed E-state index contributed by atoms with van der Waals surface area (Å²) >= 11 is 0. The molecule has 0 bridgehead atoms. The molecule has 176 valence electrons. The number of carbonyl (C=O) groups excluding carboxylic acids is 1. The van der Waals surface area contributed by atoms with E-state index in [0.29, 0.717) is 16.9 Å². The van der Waals surface area contributed by atoms with E-state index in [1.165, 1.54) is 12.5 Å². The first-order chi connectivity index (χ1) is 15.1. The van der Waals surface area contributed by atoms with Crippen LogP contribution in [0.4, 0.5) is 5.82 Å². The summed E-state index contributed by atoms with van der Waals surface area (Å²) in [4.78, 5) is 16.4. The van der Waals surface area contributed by atoms with E-state index in [-0.39, 0.29) is 30.5 Å². The zero-order chi connectivity index (χ0) is 23.0. The lowest BCUT2D eigenvalue weighted by Crippen LogP contribution is -2.34. The maximum atomic E-state index is 12.0. The van der Waals surface area contributed by atoms with Crippen molar-refractivity contribution in [3.05, 3.63) is 12.5 Å². The summed E-state index contributed by atoms with van der Waals surface area (Å²) in [6.07, 6.45) is 0.955. The fraction of sp³-hybridized carbons (Fsp3) is 0.714. The van der Waals surface area contributed by atoms with Crippen LogP contribution in [0, 0.1) is 5.41 Å². The average Bonchev–Trinajstić information content (AvgIpc) is 3.39. The van der Waals surface area contributed by atoms with Crippen molar-refractivity contribution < 1.29 is 29.6 Å². The van der Waals surface area contributed by atoms with E-state index in [9.17, 15) is 20.1 Å². The van der Waals surface area contributed by atoms with Crippen molar-refractivity contribution in [2.24, 2.45) is 5.41 Å². The van der Waals surface area contributed by atoms with E-state index >= 15 is 0 Å². The Hall–Kier alpha value is -2.34. The van der Waals surface area contributed by atoms with Crippen LogP contribution in [-0.4, -0.2) is 78.1 Å². The van der Waals surface area contributed by atoms with Gasteiger partial charge in [0.15, 0.2) is 12.0 Å². The fourth-order valence-electron chi connectivity index (χ4n) is 4.21. The number of imidazole rings is 1. The Bertz CT molecular complexity index is 960. The molecule has 0 aromatic carbocycles. The minimum Gasteiger partial charge on any atom is -0.463 e. The van der Waals surface area contributed by atoms with Crippen molar-refractivity contribution in [3.63, 3.8) is 0 Å². The number of esters is 1. The van der Waals surface area contributed by atoms with Gasteiger partial charge in [-0.3, -0.25) is 9.36 Å². The number of nitrogens with zero attached hydrogens (tertiary/aromatic N) is 4. The maximum absolute atomic E-state index is 12.0. The van der Waals surface area contributed by atoms with E-state index in [1.807, 2.05) is 20.8 Å². The second kappa shape index (κ2) is 8.89. The van der Waals surface area contributed by atoms with Crippen LogP contribution in [0.1, 0.15) is 52.7 Å². The Morgan fingerprint density at radius 3 is 2.75 bits per heavy atom. The lowest BCUT2D eigenvalue weighted by atomic mass is 9.92. The minimum atomic E-state index is -1.25. The predicted octanol–water partition coefficient (Wildman–Crippen LogP) is 0.750. The molecule has 0 radical (unpaired) electrons. The summed E-state index contributed by atoms with van der Waals surface area (Å²) in [5.74, 6) is 0.0484. The second-order valence-electron chi connectivity index (χ2n) is 9.79. The Labute approximate surface area is 185 Å². The largest absolute Gasteiger partial charge is 0.463 e. The molecule has 1 aliphatic heterocycles. The summed E-state index contributed by atoms with van der Waals surface area (Å²) in [6, 6.07) is -0.123. The zero-order valence-corrected chi connectivity index (χ0v) is 18.5. The first kappa shape index (κ1) is 22.8. The van der Waals surface area contributed by atoms with Gasteiger partial charge in [-0.05, 0) is 24.7 Å². The van der Waals surface area contributed by atoms with Gasteiger partial charge in [0.2, 0.25) is 0 Å². The average molecular weight is 450 g/mol. The molecule has 0 amide bonds. The molecular formula is C21H31N5O6. The third kappa shape index (κ3) is 4.70. The molecule has 4 N–H and O–H groups in total. The third-order valence-corrected chi connectivity index (χ3v) is 5.89. The first-order valence-corrected chi connectivity index (χ1v) is 10.9. The van der Waals surface area contributed by atoms with Crippen molar-refractivity contribution in [2.75, 3.05) is 11.9 Å². The number of aliphatic hydroxyl groups is 3. The molecule has 1 unspecified atom stereocenters. The summed E-state index contributed by atoms with van der Waals surface area (Å²) in [7, 11) is 0. The third-order valence-electron chi connectivity index (χ3n) is 5.89. The Morgan fingerprint density at radius 2 is 2.06 bits per heavy atom. The van der Waals surface area contributed by atoms with Crippen LogP contribution in [0.3, 0.4) is 0 Å². The van der Waals surface area contributed by atoms with Crippen LogP contribution in [0.2, 0.25) is 0 Å². The highest BCUT2D eigenvalue weighted by molar-refractivity contribution is 5.85. The van der Waals surface area contributed by atoms with Crippen LogP contribution < -0.4 is 5.32 Å². The van der Waals surface area contributed by atoms with Gasteiger partial charge in [-0.15, -0.1) is 5.10 Å². The molecule has 1 saturated carbocycles. The van der Waals surface area contributed by atoms with Gasteiger partial charge in [0.05, 0.1) is 36.6 Å². The van der Waals surface area contributed by atoms with Crippen molar-refractivity contribution in [3.8, 4) is 0 Å². The SMILES string of the molecule is CC(C)(C)CC(=O)OC[C@H]1OC(n2cnc3c(N[C@H]4CCC[C@@H]4O)nncc32)[C@H](O)[C@@H]1O. The van der Waals surface area contributed by atoms with E-state index < -0.39 is 30.6 Å². The van der Waals surface area contributed by atoms with E-state index in [2.05, 4.69) is 20.5 Å². The molecule has 11 heteroatoms. The van der Waals surface area contributed by atoms with E-state index in [1.54, 1.807) is 4.57 Å². The number of hydrogen-bond donors (Lipinski definition) is 4. The second-order valence-corrected chi connectivity index (χ2v) is 9.79. The quantitative estimate of drug-likeness (QED) is 0.465. The molecule has 0 spiro atoms. The molecule has 2 aromatic rings. The summed E-state index contributed by atoms with van der Waals surface area (Å²) in [6.45, 7) is 5.62. The van der Waals surface area contributed by atoms with Gasteiger partial charge in [-0.25, -0.2) is 4.98 Å². The van der Waals surface area contributed by atoms with Gasteiger partial charge in [0.1, 0.15) is 30.4 Å². The molecule has 2 aromatic heterocycles. The predicted molar refractivity (Wildman–Crippen MR) is 114 cm³/mol. The molecular weight excluding hydrogens is 418 g/mol. The topological polar surface area (TPSA) is 152 Å². The number of rotatable bonds is 6. The molecule has 11 nitrogen and oxygen atoms in total. The van der Waals surface area contributed by atoms with Crippen LogP contribution in [0.5, 0.6) is 0 Å². The van der Waals surface area contributed by atoms with Gasteiger partial charge < -0.3 is 30.1 Å². The van der Waals surface area contributed by atoms with Gasteiger partial charge in [0.25, 0.3) is 0 Å². The number of anilines is 1. The molecule has 2 aliphatic rings. The van der Waals surface area contributed by atoms with Gasteiger partial charge >= 0.3 is 5.97 Å². The van der Waals surface area contributed by atoms with Crippen molar-refractivity contribution in [1.82, 2.24) is 19.7 Å².